The Morgan fingerprint density at radius 2 is 2.33 bits per heavy atom. The smallest absolute Gasteiger partial charge is 0.0338 e. The first-order chi connectivity index (χ1) is 8.72. The molecule has 2 aliphatic rings. The zero-order valence-electron chi connectivity index (χ0n) is 11.5. The van der Waals surface area contributed by atoms with Crippen molar-refractivity contribution in [2.75, 3.05) is 13.1 Å². The molecule has 1 saturated carbocycles. The molecule has 2 atom stereocenters. The molecule has 2 unspecified atom stereocenters. The van der Waals surface area contributed by atoms with Crippen molar-refractivity contribution in [2.45, 2.75) is 51.2 Å². The second kappa shape index (κ2) is 4.95. The molecule has 0 aromatic carbocycles. The first-order valence-corrected chi connectivity index (χ1v) is 8.11. The Labute approximate surface area is 114 Å². The van der Waals surface area contributed by atoms with E-state index in [0.717, 1.165) is 12.5 Å². The molecule has 0 radical (unpaired) electrons. The predicted molar refractivity (Wildman–Crippen MR) is 77.9 cm³/mol. The molecule has 2 nitrogen and oxygen atoms in total. The Hall–Kier alpha value is -0.380. The van der Waals surface area contributed by atoms with Crippen molar-refractivity contribution in [3.8, 4) is 0 Å². The average molecular weight is 264 g/mol. The lowest BCUT2D eigenvalue weighted by molar-refractivity contribution is 0.0279. The standard InChI is InChI=1S/C15H24N2S/c1-3-13-9-17(10-14-5-4-8-18-14)15(2,11-16-13)12-6-7-12/h4-5,8,12-13,16H,3,6-7,9-11H2,1-2H3. The highest BCUT2D eigenvalue weighted by Crippen LogP contribution is 2.44. The van der Waals surface area contributed by atoms with Gasteiger partial charge < -0.3 is 5.32 Å². The third kappa shape index (κ3) is 2.36. The van der Waals surface area contributed by atoms with Crippen LogP contribution >= 0.6 is 11.3 Å². The minimum atomic E-state index is 0.385. The van der Waals surface area contributed by atoms with E-state index in [9.17, 15) is 0 Å². The second-order valence-corrected chi connectivity index (χ2v) is 7.11. The number of nitrogens with one attached hydrogen (secondary N) is 1. The fourth-order valence-electron chi connectivity index (χ4n) is 3.22. The Balaban J connectivity index is 1.76. The molecule has 0 spiro atoms. The van der Waals surface area contributed by atoms with Crippen LogP contribution in [0.15, 0.2) is 17.5 Å². The van der Waals surface area contributed by atoms with E-state index in [0.29, 0.717) is 11.6 Å². The van der Waals surface area contributed by atoms with Crippen molar-refractivity contribution in [1.82, 2.24) is 10.2 Å². The summed E-state index contributed by atoms with van der Waals surface area (Å²) in [5.74, 6) is 0.919. The van der Waals surface area contributed by atoms with Gasteiger partial charge in [0, 0.05) is 36.1 Å². The molecule has 1 saturated heterocycles. The molecule has 0 bridgehead atoms. The van der Waals surface area contributed by atoms with Gasteiger partial charge in [0.15, 0.2) is 0 Å². The summed E-state index contributed by atoms with van der Waals surface area (Å²) in [6.45, 7) is 8.28. The summed E-state index contributed by atoms with van der Waals surface area (Å²) in [7, 11) is 0. The van der Waals surface area contributed by atoms with E-state index >= 15 is 0 Å². The minimum Gasteiger partial charge on any atom is -0.311 e. The molecule has 18 heavy (non-hydrogen) atoms. The van der Waals surface area contributed by atoms with Crippen molar-refractivity contribution in [3.05, 3.63) is 22.4 Å². The van der Waals surface area contributed by atoms with Crippen molar-refractivity contribution < 1.29 is 0 Å². The number of nitrogens with zero attached hydrogens (tertiary/aromatic N) is 1. The Kier molecular flexibility index (Phi) is 3.48. The maximum Gasteiger partial charge on any atom is 0.0338 e. The summed E-state index contributed by atoms with van der Waals surface area (Å²) in [6, 6.07) is 5.13. The number of hydrogen-bond acceptors (Lipinski definition) is 3. The Morgan fingerprint density at radius 1 is 1.50 bits per heavy atom. The molecule has 3 heteroatoms. The van der Waals surface area contributed by atoms with Gasteiger partial charge in [-0.15, -0.1) is 11.3 Å². The van der Waals surface area contributed by atoms with Crippen molar-refractivity contribution in [1.29, 1.82) is 0 Å². The molecule has 2 fully saturated rings. The molecule has 1 aromatic rings. The van der Waals surface area contributed by atoms with Crippen LogP contribution in [0.3, 0.4) is 0 Å². The molecule has 1 N–H and O–H groups in total. The minimum absolute atomic E-state index is 0.385. The molecular formula is C15H24N2S. The summed E-state index contributed by atoms with van der Waals surface area (Å²) in [6.07, 6.45) is 4.09. The van der Waals surface area contributed by atoms with Crippen molar-refractivity contribution >= 4 is 11.3 Å². The molecule has 1 aliphatic heterocycles. The van der Waals surface area contributed by atoms with Gasteiger partial charge in [-0.2, -0.15) is 0 Å². The first-order valence-electron chi connectivity index (χ1n) is 7.23. The van der Waals surface area contributed by atoms with Gasteiger partial charge in [-0.3, -0.25) is 4.90 Å². The number of thiophene rings is 1. The number of rotatable bonds is 4. The van der Waals surface area contributed by atoms with Gasteiger partial charge in [0.2, 0.25) is 0 Å². The summed E-state index contributed by atoms with van der Waals surface area (Å²) in [5.41, 5.74) is 0.385. The Bertz CT molecular complexity index is 385. The quantitative estimate of drug-likeness (QED) is 0.899. The van der Waals surface area contributed by atoms with Crippen molar-refractivity contribution in [2.24, 2.45) is 5.92 Å². The van der Waals surface area contributed by atoms with Gasteiger partial charge in [0.05, 0.1) is 0 Å². The molecular weight excluding hydrogens is 240 g/mol. The lowest BCUT2D eigenvalue weighted by atomic mass is 9.89. The van der Waals surface area contributed by atoms with Crippen LogP contribution < -0.4 is 5.32 Å². The van der Waals surface area contributed by atoms with E-state index in [1.807, 2.05) is 11.3 Å². The van der Waals surface area contributed by atoms with E-state index in [2.05, 4.69) is 41.6 Å². The zero-order valence-corrected chi connectivity index (χ0v) is 12.3. The van der Waals surface area contributed by atoms with Crippen LogP contribution in [0, 0.1) is 5.92 Å². The molecule has 100 valence electrons. The van der Waals surface area contributed by atoms with E-state index in [1.54, 1.807) is 0 Å². The number of hydrogen-bond donors (Lipinski definition) is 1. The molecule has 2 heterocycles. The van der Waals surface area contributed by atoms with E-state index < -0.39 is 0 Å². The molecule has 3 rings (SSSR count). The van der Waals surface area contributed by atoms with Crippen LogP contribution in [0.25, 0.3) is 0 Å². The predicted octanol–water partition coefficient (Wildman–Crippen LogP) is 3.10. The molecule has 0 amide bonds. The lowest BCUT2D eigenvalue weighted by Crippen LogP contribution is -2.63. The highest BCUT2D eigenvalue weighted by Gasteiger charge is 2.47. The third-order valence-corrected chi connectivity index (χ3v) is 5.65. The maximum atomic E-state index is 3.75. The fourth-order valence-corrected chi connectivity index (χ4v) is 3.94. The van der Waals surface area contributed by atoms with E-state index in [1.165, 1.54) is 37.2 Å². The van der Waals surface area contributed by atoms with Crippen LogP contribution in [0.1, 0.15) is 38.0 Å². The van der Waals surface area contributed by atoms with Gasteiger partial charge in [0.1, 0.15) is 0 Å². The fraction of sp³-hybridized carbons (Fsp3) is 0.733. The van der Waals surface area contributed by atoms with Gasteiger partial charge in [-0.05, 0) is 43.6 Å². The van der Waals surface area contributed by atoms with Crippen LogP contribution in [-0.4, -0.2) is 29.6 Å². The highest BCUT2D eigenvalue weighted by atomic mass is 32.1. The highest BCUT2D eigenvalue weighted by molar-refractivity contribution is 7.09. The second-order valence-electron chi connectivity index (χ2n) is 6.08. The summed E-state index contributed by atoms with van der Waals surface area (Å²) >= 11 is 1.90. The van der Waals surface area contributed by atoms with E-state index in [4.69, 9.17) is 0 Å². The maximum absolute atomic E-state index is 3.75. The number of piperazine rings is 1. The van der Waals surface area contributed by atoms with E-state index in [-0.39, 0.29) is 0 Å². The van der Waals surface area contributed by atoms with Gasteiger partial charge >= 0.3 is 0 Å². The molecule has 1 aromatic heterocycles. The van der Waals surface area contributed by atoms with Crippen LogP contribution in [0.4, 0.5) is 0 Å². The summed E-state index contributed by atoms with van der Waals surface area (Å²) in [4.78, 5) is 4.26. The third-order valence-electron chi connectivity index (χ3n) is 4.79. The first kappa shape index (κ1) is 12.6. The normalized spacial score (nSPS) is 33.8. The van der Waals surface area contributed by atoms with Crippen LogP contribution in [0.5, 0.6) is 0 Å². The molecule has 1 aliphatic carbocycles. The van der Waals surface area contributed by atoms with Crippen LogP contribution in [0.2, 0.25) is 0 Å². The van der Waals surface area contributed by atoms with Gasteiger partial charge in [0.25, 0.3) is 0 Å². The summed E-state index contributed by atoms with van der Waals surface area (Å²) < 4.78 is 0. The summed E-state index contributed by atoms with van der Waals surface area (Å²) in [5, 5.41) is 5.95. The van der Waals surface area contributed by atoms with Crippen molar-refractivity contribution in [3.63, 3.8) is 0 Å². The zero-order chi connectivity index (χ0) is 12.6. The van der Waals surface area contributed by atoms with Crippen LogP contribution in [-0.2, 0) is 6.54 Å². The topological polar surface area (TPSA) is 15.3 Å². The Morgan fingerprint density at radius 3 is 2.94 bits per heavy atom. The van der Waals surface area contributed by atoms with Gasteiger partial charge in [-0.25, -0.2) is 0 Å². The van der Waals surface area contributed by atoms with Gasteiger partial charge in [-0.1, -0.05) is 13.0 Å². The SMILES string of the molecule is CCC1CN(Cc2cccs2)C(C)(C2CC2)CN1. The monoisotopic (exact) mass is 264 g/mol. The largest absolute Gasteiger partial charge is 0.311 e. The lowest BCUT2D eigenvalue weighted by Gasteiger charge is -2.48. The average Bonchev–Trinajstić information content (AvgIpc) is 3.12.